The number of hydrogen-bond acceptors (Lipinski definition) is 3. The highest BCUT2D eigenvalue weighted by Gasteiger charge is 2.24. The molecule has 0 aromatic carbocycles. The molecule has 0 fully saturated rings. The van der Waals surface area contributed by atoms with Crippen LogP contribution in [0.4, 0.5) is 0 Å². The molecule has 0 aliphatic carbocycles. The second kappa shape index (κ2) is 7.06. The van der Waals surface area contributed by atoms with Crippen LogP contribution in [0.2, 0.25) is 0 Å². The topological polar surface area (TPSA) is 47.1 Å². The fourth-order valence-electron chi connectivity index (χ4n) is 2.77. The van der Waals surface area contributed by atoms with Gasteiger partial charge in [-0.3, -0.25) is 9.58 Å². The van der Waals surface area contributed by atoms with Crippen molar-refractivity contribution in [3.63, 3.8) is 0 Å². The van der Waals surface area contributed by atoms with Crippen molar-refractivity contribution in [2.24, 2.45) is 18.7 Å². The molecule has 19 heavy (non-hydrogen) atoms. The number of aryl methyl sites for hydroxylation is 2. The lowest BCUT2D eigenvalue weighted by Crippen LogP contribution is -2.38. The smallest absolute Gasteiger partial charge is 0.0670 e. The Morgan fingerprint density at radius 3 is 2.47 bits per heavy atom. The predicted octanol–water partition coefficient (Wildman–Crippen LogP) is 2.35. The summed E-state index contributed by atoms with van der Waals surface area (Å²) in [7, 11) is 4.16. The van der Waals surface area contributed by atoms with Crippen molar-refractivity contribution in [3.8, 4) is 0 Å². The Labute approximate surface area is 118 Å². The molecule has 1 rings (SSSR count). The maximum atomic E-state index is 6.03. The normalized spacial score (nSPS) is 15.2. The van der Waals surface area contributed by atoms with E-state index < -0.39 is 0 Å². The minimum absolute atomic E-state index is 0.261. The summed E-state index contributed by atoms with van der Waals surface area (Å²) >= 11 is 0. The van der Waals surface area contributed by atoms with Crippen LogP contribution in [-0.2, 0) is 13.5 Å². The van der Waals surface area contributed by atoms with Gasteiger partial charge in [0.25, 0.3) is 0 Å². The molecule has 110 valence electrons. The van der Waals surface area contributed by atoms with E-state index in [4.69, 9.17) is 5.73 Å². The standard InChI is InChI=1S/C15H30N4/c1-7-14-13(10-18(5)17-14)15(9-16)19(6)12(4)8-11(2)3/h10-12,15H,7-9,16H2,1-6H3. The fourth-order valence-corrected chi connectivity index (χ4v) is 2.77. The molecular formula is C15H30N4. The van der Waals surface area contributed by atoms with E-state index in [0.717, 1.165) is 6.42 Å². The van der Waals surface area contributed by atoms with Crippen LogP contribution in [0.3, 0.4) is 0 Å². The first kappa shape index (κ1) is 16.2. The second-order valence-corrected chi connectivity index (χ2v) is 5.95. The Morgan fingerprint density at radius 1 is 1.37 bits per heavy atom. The van der Waals surface area contributed by atoms with Crippen molar-refractivity contribution < 1.29 is 0 Å². The number of nitrogens with zero attached hydrogens (tertiary/aromatic N) is 3. The predicted molar refractivity (Wildman–Crippen MR) is 81.1 cm³/mol. The number of likely N-dealkylation sites (N-methyl/N-ethyl adjacent to an activating group) is 1. The summed E-state index contributed by atoms with van der Waals surface area (Å²) in [5.74, 6) is 0.704. The Morgan fingerprint density at radius 2 is 2.00 bits per heavy atom. The van der Waals surface area contributed by atoms with E-state index in [1.165, 1.54) is 17.7 Å². The molecule has 0 aliphatic rings. The van der Waals surface area contributed by atoms with Gasteiger partial charge < -0.3 is 5.73 Å². The van der Waals surface area contributed by atoms with Gasteiger partial charge in [-0.05, 0) is 32.7 Å². The summed E-state index contributed by atoms with van der Waals surface area (Å²) in [6.45, 7) is 9.60. The quantitative estimate of drug-likeness (QED) is 0.824. The number of rotatable bonds is 7. The first-order valence-electron chi connectivity index (χ1n) is 7.35. The van der Waals surface area contributed by atoms with Crippen LogP contribution in [0.5, 0.6) is 0 Å². The van der Waals surface area contributed by atoms with Gasteiger partial charge in [0.15, 0.2) is 0 Å². The molecule has 0 saturated heterocycles. The highest BCUT2D eigenvalue weighted by molar-refractivity contribution is 5.22. The molecule has 4 nitrogen and oxygen atoms in total. The van der Waals surface area contributed by atoms with Crippen molar-refractivity contribution >= 4 is 0 Å². The number of hydrogen-bond donors (Lipinski definition) is 1. The largest absolute Gasteiger partial charge is 0.329 e. The summed E-state index contributed by atoms with van der Waals surface area (Å²) in [5, 5.41) is 4.54. The fraction of sp³-hybridized carbons (Fsp3) is 0.800. The van der Waals surface area contributed by atoms with Gasteiger partial charge in [0.2, 0.25) is 0 Å². The Kier molecular flexibility index (Phi) is 6.01. The maximum absolute atomic E-state index is 6.03. The number of aromatic nitrogens is 2. The minimum atomic E-state index is 0.261. The Hall–Kier alpha value is -0.870. The van der Waals surface area contributed by atoms with Crippen LogP contribution >= 0.6 is 0 Å². The molecule has 0 spiro atoms. The third kappa shape index (κ3) is 4.05. The third-order valence-corrected chi connectivity index (χ3v) is 3.85. The van der Waals surface area contributed by atoms with E-state index in [9.17, 15) is 0 Å². The first-order chi connectivity index (χ1) is 8.90. The van der Waals surface area contributed by atoms with Gasteiger partial charge in [0.1, 0.15) is 0 Å². The molecule has 0 bridgehead atoms. The summed E-state index contributed by atoms with van der Waals surface area (Å²) in [6, 6.07) is 0.788. The van der Waals surface area contributed by atoms with Crippen molar-refractivity contribution in [2.45, 2.75) is 52.6 Å². The van der Waals surface area contributed by atoms with E-state index in [-0.39, 0.29) is 6.04 Å². The molecule has 0 amide bonds. The van der Waals surface area contributed by atoms with E-state index in [2.05, 4.69) is 50.9 Å². The van der Waals surface area contributed by atoms with Crippen LogP contribution < -0.4 is 5.73 Å². The van der Waals surface area contributed by atoms with E-state index >= 15 is 0 Å². The first-order valence-corrected chi connectivity index (χ1v) is 7.35. The van der Waals surface area contributed by atoms with Gasteiger partial charge in [-0.15, -0.1) is 0 Å². The SMILES string of the molecule is CCc1nn(C)cc1C(CN)N(C)C(C)CC(C)C. The summed E-state index contributed by atoms with van der Waals surface area (Å²) in [5.41, 5.74) is 8.48. The van der Waals surface area contributed by atoms with Gasteiger partial charge in [-0.2, -0.15) is 5.10 Å². The molecule has 2 unspecified atom stereocenters. The summed E-state index contributed by atoms with van der Waals surface area (Å²) in [4.78, 5) is 2.40. The van der Waals surface area contributed by atoms with Crippen molar-refractivity contribution in [2.75, 3.05) is 13.6 Å². The second-order valence-electron chi connectivity index (χ2n) is 5.95. The molecule has 4 heteroatoms. The molecule has 1 aromatic heterocycles. The van der Waals surface area contributed by atoms with Crippen molar-refractivity contribution in [3.05, 3.63) is 17.5 Å². The van der Waals surface area contributed by atoms with Crippen LogP contribution in [0, 0.1) is 5.92 Å². The summed E-state index contributed by atoms with van der Waals surface area (Å²) < 4.78 is 1.90. The Bertz CT molecular complexity index is 383. The van der Waals surface area contributed by atoms with Crippen LogP contribution in [0.25, 0.3) is 0 Å². The van der Waals surface area contributed by atoms with Crippen LogP contribution in [0.1, 0.15) is 51.4 Å². The molecule has 1 aromatic rings. The molecule has 0 aliphatic heterocycles. The van der Waals surface area contributed by atoms with Gasteiger partial charge >= 0.3 is 0 Å². The lowest BCUT2D eigenvalue weighted by Gasteiger charge is -2.33. The van der Waals surface area contributed by atoms with Crippen LogP contribution in [0.15, 0.2) is 6.20 Å². The zero-order chi connectivity index (χ0) is 14.6. The van der Waals surface area contributed by atoms with Gasteiger partial charge in [0, 0.05) is 31.4 Å². The van der Waals surface area contributed by atoms with E-state index in [0.29, 0.717) is 18.5 Å². The van der Waals surface area contributed by atoms with Gasteiger partial charge in [0.05, 0.1) is 11.7 Å². The highest BCUT2D eigenvalue weighted by atomic mass is 15.3. The minimum Gasteiger partial charge on any atom is -0.329 e. The lowest BCUT2D eigenvalue weighted by atomic mass is 9.99. The lowest BCUT2D eigenvalue weighted by molar-refractivity contribution is 0.168. The van der Waals surface area contributed by atoms with Crippen LogP contribution in [-0.4, -0.2) is 34.3 Å². The zero-order valence-corrected chi connectivity index (χ0v) is 13.3. The van der Waals surface area contributed by atoms with Crippen molar-refractivity contribution in [1.82, 2.24) is 14.7 Å². The average Bonchev–Trinajstić information content (AvgIpc) is 2.70. The monoisotopic (exact) mass is 266 g/mol. The molecule has 1 heterocycles. The molecule has 0 radical (unpaired) electrons. The highest BCUT2D eigenvalue weighted by Crippen LogP contribution is 2.25. The molecule has 2 atom stereocenters. The average molecular weight is 266 g/mol. The third-order valence-electron chi connectivity index (χ3n) is 3.85. The molecule has 0 saturated carbocycles. The molecular weight excluding hydrogens is 236 g/mol. The van der Waals surface area contributed by atoms with Crippen molar-refractivity contribution in [1.29, 1.82) is 0 Å². The zero-order valence-electron chi connectivity index (χ0n) is 13.3. The number of nitrogens with two attached hydrogens (primary N) is 1. The van der Waals surface area contributed by atoms with E-state index in [1.54, 1.807) is 0 Å². The summed E-state index contributed by atoms with van der Waals surface area (Å²) in [6.07, 6.45) is 4.27. The Balaban J connectivity index is 2.92. The van der Waals surface area contributed by atoms with Gasteiger partial charge in [-0.1, -0.05) is 20.8 Å². The molecule has 2 N–H and O–H groups in total. The maximum Gasteiger partial charge on any atom is 0.0670 e. The van der Waals surface area contributed by atoms with E-state index in [1.807, 2.05) is 11.7 Å². The van der Waals surface area contributed by atoms with Gasteiger partial charge in [-0.25, -0.2) is 0 Å².